The van der Waals surface area contributed by atoms with Gasteiger partial charge in [-0.05, 0) is 30.3 Å². The SMILES string of the molecule is CC(=O)Nc1ccc(Sc2ncc(C#N)cc2N)cc1. The number of carbonyl (C=O) groups excluding carboxylic acids is 1. The van der Waals surface area contributed by atoms with Gasteiger partial charge in [0.2, 0.25) is 5.91 Å². The molecular weight excluding hydrogens is 272 g/mol. The van der Waals surface area contributed by atoms with Gasteiger partial charge in [0.25, 0.3) is 0 Å². The maximum absolute atomic E-state index is 10.9. The lowest BCUT2D eigenvalue weighted by atomic mass is 10.3. The molecule has 1 heterocycles. The number of hydrogen-bond acceptors (Lipinski definition) is 5. The van der Waals surface area contributed by atoms with E-state index in [1.165, 1.54) is 24.9 Å². The number of nitrogens with one attached hydrogen (secondary N) is 1. The van der Waals surface area contributed by atoms with Gasteiger partial charge in [-0.3, -0.25) is 4.79 Å². The van der Waals surface area contributed by atoms with Gasteiger partial charge in [0.1, 0.15) is 11.1 Å². The summed E-state index contributed by atoms with van der Waals surface area (Å²) >= 11 is 1.40. The van der Waals surface area contributed by atoms with E-state index < -0.39 is 0 Å². The number of hydrogen-bond donors (Lipinski definition) is 2. The number of nitrogen functional groups attached to an aromatic ring is 1. The molecule has 1 aromatic carbocycles. The van der Waals surface area contributed by atoms with Gasteiger partial charge in [-0.25, -0.2) is 4.98 Å². The molecule has 20 heavy (non-hydrogen) atoms. The third kappa shape index (κ3) is 3.49. The van der Waals surface area contributed by atoms with Gasteiger partial charge in [-0.2, -0.15) is 5.26 Å². The number of aromatic nitrogens is 1. The fourth-order valence-corrected chi connectivity index (χ4v) is 2.31. The van der Waals surface area contributed by atoms with Crippen molar-refractivity contribution in [3.05, 3.63) is 42.1 Å². The highest BCUT2D eigenvalue weighted by molar-refractivity contribution is 7.99. The Bertz CT molecular complexity index is 677. The first-order valence-corrected chi connectivity index (χ1v) is 6.61. The highest BCUT2D eigenvalue weighted by atomic mass is 32.2. The summed E-state index contributed by atoms with van der Waals surface area (Å²) in [6.07, 6.45) is 1.49. The molecule has 0 radical (unpaired) electrons. The molecule has 0 bridgehead atoms. The van der Waals surface area contributed by atoms with Crippen molar-refractivity contribution in [2.45, 2.75) is 16.8 Å². The van der Waals surface area contributed by atoms with E-state index in [2.05, 4.69) is 10.3 Å². The molecule has 2 rings (SSSR count). The van der Waals surface area contributed by atoms with E-state index in [4.69, 9.17) is 11.0 Å². The summed E-state index contributed by atoms with van der Waals surface area (Å²) in [5.41, 5.74) is 7.50. The summed E-state index contributed by atoms with van der Waals surface area (Å²) in [7, 11) is 0. The average Bonchev–Trinajstić information content (AvgIpc) is 2.42. The van der Waals surface area contributed by atoms with Crippen molar-refractivity contribution >= 4 is 29.0 Å². The maximum atomic E-state index is 10.9. The molecule has 0 spiro atoms. The van der Waals surface area contributed by atoms with Gasteiger partial charge in [0.05, 0.1) is 11.3 Å². The van der Waals surface area contributed by atoms with E-state index in [1.807, 2.05) is 30.3 Å². The molecule has 0 saturated carbocycles. The lowest BCUT2D eigenvalue weighted by Crippen LogP contribution is -2.05. The molecule has 100 valence electrons. The molecule has 3 N–H and O–H groups in total. The van der Waals surface area contributed by atoms with Gasteiger partial charge in [0.15, 0.2) is 0 Å². The first kappa shape index (κ1) is 13.9. The van der Waals surface area contributed by atoms with Crippen LogP contribution in [-0.2, 0) is 4.79 Å². The van der Waals surface area contributed by atoms with Crippen molar-refractivity contribution in [2.75, 3.05) is 11.1 Å². The molecule has 0 aliphatic carbocycles. The predicted molar refractivity (Wildman–Crippen MR) is 78.2 cm³/mol. The Morgan fingerprint density at radius 3 is 2.65 bits per heavy atom. The number of nitrogens with two attached hydrogens (primary N) is 1. The first-order valence-electron chi connectivity index (χ1n) is 5.79. The normalized spacial score (nSPS) is 9.80. The minimum atomic E-state index is -0.108. The van der Waals surface area contributed by atoms with Crippen molar-refractivity contribution in [3.63, 3.8) is 0 Å². The third-order valence-electron chi connectivity index (χ3n) is 2.40. The zero-order valence-corrected chi connectivity index (χ0v) is 11.6. The van der Waals surface area contributed by atoms with E-state index in [9.17, 15) is 4.79 Å². The van der Waals surface area contributed by atoms with Crippen LogP contribution in [0.25, 0.3) is 0 Å². The molecule has 1 amide bonds. The number of amides is 1. The molecule has 0 unspecified atom stereocenters. The van der Waals surface area contributed by atoms with Gasteiger partial charge < -0.3 is 11.1 Å². The van der Waals surface area contributed by atoms with E-state index >= 15 is 0 Å². The number of pyridine rings is 1. The lowest BCUT2D eigenvalue weighted by Gasteiger charge is -2.06. The summed E-state index contributed by atoms with van der Waals surface area (Å²) in [6, 6.07) is 10.9. The van der Waals surface area contributed by atoms with Crippen LogP contribution in [0.5, 0.6) is 0 Å². The van der Waals surface area contributed by atoms with Crippen molar-refractivity contribution in [2.24, 2.45) is 0 Å². The van der Waals surface area contributed by atoms with Crippen LogP contribution in [0, 0.1) is 11.3 Å². The second-order valence-electron chi connectivity index (χ2n) is 4.04. The molecule has 6 heteroatoms. The summed E-state index contributed by atoms with van der Waals surface area (Å²) < 4.78 is 0. The quantitative estimate of drug-likeness (QED) is 0.904. The Balaban J connectivity index is 2.14. The van der Waals surface area contributed by atoms with Crippen LogP contribution >= 0.6 is 11.8 Å². The average molecular weight is 284 g/mol. The van der Waals surface area contributed by atoms with Crippen molar-refractivity contribution in [1.29, 1.82) is 5.26 Å². The van der Waals surface area contributed by atoms with Gasteiger partial charge in [-0.15, -0.1) is 0 Å². The lowest BCUT2D eigenvalue weighted by molar-refractivity contribution is -0.114. The molecule has 0 fully saturated rings. The largest absolute Gasteiger partial charge is 0.396 e. The summed E-state index contributed by atoms with van der Waals surface area (Å²) in [6.45, 7) is 1.46. The highest BCUT2D eigenvalue weighted by Gasteiger charge is 2.05. The topological polar surface area (TPSA) is 91.8 Å². The van der Waals surface area contributed by atoms with E-state index in [1.54, 1.807) is 6.07 Å². The van der Waals surface area contributed by atoms with Gasteiger partial charge in [-0.1, -0.05) is 11.8 Å². The number of nitriles is 1. The smallest absolute Gasteiger partial charge is 0.221 e. The van der Waals surface area contributed by atoms with Crippen molar-refractivity contribution < 1.29 is 4.79 Å². The number of carbonyl (C=O) groups is 1. The Kier molecular flexibility index (Phi) is 4.23. The Hall–Kier alpha value is -2.52. The Morgan fingerprint density at radius 1 is 1.40 bits per heavy atom. The van der Waals surface area contributed by atoms with Crippen LogP contribution < -0.4 is 11.1 Å². The third-order valence-corrected chi connectivity index (χ3v) is 3.44. The van der Waals surface area contributed by atoms with Crippen LogP contribution in [0.2, 0.25) is 0 Å². The minimum absolute atomic E-state index is 0.108. The van der Waals surface area contributed by atoms with Crippen LogP contribution in [-0.4, -0.2) is 10.9 Å². The zero-order valence-electron chi connectivity index (χ0n) is 10.8. The van der Waals surface area contributed by atoms with E-state index in [0.717, 1.165) is 10.6 Å². The minimum Gasteiger partial charge on any atom is -0.396 e. The molecule has 0 atom stereocenters. The second-order valence-corrected chi connectivity index (χ2v) is 5.10. The Labute approximate surface area is 120 Å². The van der Waals surface area contributed by atoms with Crippen LogP contribution in [0.15, 0.2) is 46.5 Å². The summed E-state index contributed by atoms with van der Waals surface area (Å²) in [5, 5.41) is 12.1. The fraction of sp³-hybridized carbons (Fsp3) is 0.0714. The number of rotatable bonds is 3. The number of nitrogens with zero attached hydrogens (tertiary/aromatic N) is 2. The molecule has 0 aliphatic heterocycles. The molecule has 5 nitrogen and oxygen atoms in total. The van der Waals surface area contributed by atoms with E-state index in [-0.39, 0.29) is 5.91 Å². The Morgan fingerprint density at radius 2 is 2.10 bits per heavy atom. The zero-order chi connectivity index (χ0) is 14.5. The molecular formula is C14H12N4OS. The predicted octanol–water partition coefficient (Wildman–Crippen LogP) is 2.65. The standard InChI is InChI=1S/C14H12N4OS/c1-9(19)18-11-2-4-12(5-3-11)20-14-13(16)6-10(7-15)8-17-14/h2-6,8H,16H2,1H3,(H,18,19). The molecule has 0 aliphatic rings. The fourth-order valence-electron chi connectivity index (χ4n) is 1.54. The maximum Gasteiger partial charge on any atom is 0.221 e. The summed E-state index contributed by atoms with van der Waals surface area (Å²) in [4.78, 5) is 16.0. The monoisotopic (exact) mass is 284 g/mol. The van der Waals surface area contributed by atoms with Crippen LogP contribution in [0.3, 0.4) is 0 Å². The molecule has 1 aromatic heterocycles. The number of benzene rings is 1. The first-order chi connectivity index (χ1) is 9.58. The highest BCUT2D eigenvalue weighted by Crippen LogP contribution is 2.31. The second kappa shape index (κ2) is 6.08. The van der Waals surface area contributed by atoms with E-state index in [0.29, 0.717) is 16.3 Å². The molecule has 0 saturated heterocycles. The van der Waals surface area contributed by atoms with Crippen molar-refractivity contribution in [1.82, 2.24) is 4.98 Å². The van der Waals surface area contributed by atoms with Crippen LogP contribution in [0.4, 0.5) is 11.4 Å². The van der Waals surface area contributed by atoms with Gasteiger partial charge in [0, 0.05) is 23.7 Å². The van der Waals surface area contributed by atoms with Gasteiger partial charge >= 0.3 is 0 Å². The summed E-state index contributed by atoms with van der Waals surface area (Å²) in [5.74, 6) is -0.108. The van der Waals surface area contributed by atoms with Crippen molar-refractivity contribution in [3.8, 4) is 6.07 Å². The molecule has 2 aromatic rings. The van der Waals surface area contributed by atoms with Crippen LogP contribution in [0.1, 0.15) is 12.5 Å². The number of anilines is 2.